The summed E-state index contributed by atoms with van der Waals surface area (Å²) >= 11 is 1.84. The summed E-state index contributed by atoms with van der Waals surface area (Å²) in [4.78, 5) is 1.45. The van der Waals surface area contributed by atoms with Gasteiger partial charge in [-0.05, 0) is 42.6 Å². The topological polar surface area (TPSA) is 17.0 Å². The lowest BCUT2D eigenvalue weighted by atomic mass is 10.1. The van der Waals surface area contributed by atoms with Gasteiger partial charge in [0.1, 0.15) is 0 Å². The molecule has 2 aromatic heterocycles. The Morgan fingerprint density at radius 3 is 2.89 bits per heavy atom. The smallest absolute Gasteiger partial charge is 0.0483 e. The van der Waals surface area contributed by atoms with Crippen LogP contribution in [-0.2, 0) is 19.5 Å². The van der Waals surface area contributed by atoms with E-state index in [1.807, 2.05) is 18.4 Å². The number of hydrogen-bond acceptors (Lipinski definition) is 2. The standard InChI is InChI=1S/C16H18N2S/c1-17-12-13-4-2-6-16-15(13)8-10-18(16)9-7-14-5-3-11-19-14/h2-6,8,10-11,17H,7,9,12H2,1H3. The Morgan fingerprint density at radius 2 is 2.11 bits per heavy atom. The van der Waals surface area contributed by atoms with Crippen molar-refractivity contribution in [2.75, 3.05) is 7.05 Å². The molecule has 0 aliphatic heterocycles. The van der Waals surface area contributed by atoms with Crippen molar-refractivity contribution < 1.29 is 0 Å². The summed E-state index contributed by atoms with van der Waals surface area (Å²) < 4.78 is 2.36. The Balaban J connectivity index is 1.86. The van der Waals surface area contributed by atoms with E-state index in [-0.39, 0.29) is 0 Å². The van der Waals surface area contributed by atoms with Crippen molar-refractivity contribution in [3.63, 3.8) is 0 Å². The van der Waals surface area contributed by atoms with Gasteiger partial charge in [-0.2, -0.15) is 0 Å². The van der Waals surface area contributed by atoms with E-state index in [0.717, 1.165) is 19.5 Å². The molecule has 1 N–H and O–H groups in total. The predicted octanol–water partition coefficient (Wildman–Crippen LogP) is 3.66. The van der Waals surface area contributed by atoms with E-state index in [9.17, 15) is 0 Å². The van der Waals surface area contributed by atoms with Gasteiger partial charge >= 0.3 is 0 Å². The van der Waals surface area contributed by atoms with Crippen molar-refractivity contribution >= 4 is 22.2 Å². The number of aromatic nitrogens is 1. The maximum atomic E-state index is 3.23. The van der Waals surface area contributed by atoms with Crippen molar-refractivity contribution in [1.29, 1.82) is 0 Å². The predicted molar refractivity (Wildman–Crippen MR) is 82.7 cm³/mol. The third-order valence-electron chi connectivity index (χ3n) is 3.45. The van der Waals surface area contributed by atoms with Crippen LogP contribution in [0.4, 0.5) is 0 Å². The van der Waals surface area contributed by atoms with Crippen molar-refractivity contribution in [3.8, 4) is 0 Å². The van der Waals surface area contributed by atoms with E-state index in [4.69, 9.17) is 0 Å². The van der Waals surface area contributed by atoms with Gasteiger partial charge in [0.25, 0.3) is 0 Å². The Morgan fingerprint density at radius 1 is 1.16 bits per heavy atom. The lowest BCUT2D eigenvalue weighted by molar-refractivity contribution is 0.729. The molecule has 0 aliphatic carbocycles. The molecule has 19 heavy (non-hydrogen) atoms. The fraction of sp³-hybridized carbons (Fsp3) is 0.250. The second-order valence-corrected chi connectivity index (χ2v) is 5.75. The van der Waals surface area contributed by atoms with Crippen molar-refractivity contribution in [3.05, 3.63) is 58.4 Å². The maximum Gasteiger partial charge on any atom is 0.0483 e. The number of aryl methyl sites for hydroxylation is 2. The second kappa shape index (κ2) is 5.59. The lowest BCUT2D eigenvalue weighted by Gasteiger charge is -2.06. The van der Waals surface area contributed by atoms with Crippen LogP contribution in [0.25, 0.3) is 10.9 Å². The van der Waals surface area contributed by atoms with Crippen LogP contribution in [0, 0.1) is 0 Å². The minimum Gasteiger partial charge on any atom is -0.347 e. The molecule has 0 aliphatic rings. The van der Waals surface area contributed by atoms with Gasteiger partial charge in [0.15, 0.2) is 0 Å². The van der Waals surface area contributed by atoms with Gasteiger partial charge in [-0.3, -0.25) is 0 Å². The summed E-state index contributed by atoms with van der Waals surface area (Å²) in [5.41, 5.74) is 2.71. The second-order valence-electron chi connectivity index (χ2n) is 4.72. The van der Waals surface area contributed by atoms with Crippen LogP contribution < -0.4 is 5.32 Å². The van der Waals surface area contributed by atoms with Gasteiger partial charge in [-0.15, -0.1) is 11.3 Å². The van der Waals surface area contributed by atoms with Crippen molar-refractivity contribution in [1.82, 2.24) is 9.88 Å². The maximum absolute atomic E-state index is 3.23. The van der Waals surface area contributed by atoms with Crippen LogP contribution in [0.1, 0.15) is 10.4 Å². The van der Waals surface area contributed by atoms with E-state index in [2.05, 4.69) is 57.9 Å². The van der Waals surface area contributed by atoms with Crippen LogP contribution in [0.5, 0.6) is 0 Å². The van der Waals surface area contributed by atoms with E-state index < -0.39 is 0 Å². The fourth-order valence-corrected chi connectivity index (χ4v) is 3.21. The Kier molecular flexibility index (Phi) is 3.67. The van der Waals surface area contributed by atoms with Gasteiger partial charge in [-0.25, -0.2) is 0 Å². The average Bonchev–Trinajstić information content (AvgIpc) is 3.06. The molecule has 2 nitrogen and oxygen atoms in total. The Hall–Kier alpha value is -1.58. The summed E-state index contributed by atoms with van der Waals surface area (Å²) in [6.07, 6.45) is 3.31. The van der Waals surface area contributed by atoms with Crippen LogP contribution in [0.3, 0.4) is 0 Å². The zero-order valence-electron chi connectivity index (χ0n) is 11.1. The molecule has 3 rings (SSSR count). The molecule has 0 saturated heterocycles. The van der Waals surface area contributed by atoms with E-state index in [1.165, 1.54) is 21.3 Å². The highest BCUT2D eigenvalue weighted by Gasteiger charge is 2.05. The molecule has 3 heteroatoms. The molecule has 98 valence electrons. The summed E-state index contributed by atoms with van der Waals surface area (Å²) in [5.74, 6) is 0. The minimum atomic E-state index is 0.923. The molecular formula is C16H18N2S. The first-order valence-corrected chi connectivity index (χ1v) is 7.50. The lowest BCUT2D eigenvalue weighted by Crippen LogP contribution is -2.05. The monoisotopic (exact) mass is 270 g/mol. The number of fused-ring (bicyclic) bond motifs is 1. The Bertz CT molecular complexity index is 653. The van der Waals surface area contributed by atoms with Crippen LogP contribution in [-0.4, -0.2) is 11.6 Å². The summed E-state index contributed by atoms with van der Waals surface area (Å²) in [6.45, 7) is 1.97. The summed E-state index contributed by atoms with van der Waals surface area (Å²) in [5, 5.41) is 6.74. The number of thiophene rings is 1. The normalized spacial score (nSPS) is 11.2. The third-order valence-corrected chi connectivity index (χ3v) is 4.39. The highest BCUT2D eigenvalue weighted by atomic mass is 32.1. The number of nitrogens with one attached hydrogen (secondary N) is 1. The number of nitrogens with zero attached hydrogens (tertiary/aromatic N) is 1. The quantitative estimate of drug-likeness (QED) is 0.748. The highest BCUT2D eigenvalue weighted by molar-refractivity contribution is 7.09. The molecule has 3 aromatic rings. The Labute approximate surface area is 117 Å². The van der Waals surface area contributed by atoms with E-state index >= 15 is 0 Å². The molecule has 0 amide bonds. The molecule has 0 fully saturated rings. The summed E-state index contributed by atoms with van der Waals surface area (Å²) in [6, 6.07) is 13.1. The molecule has 2 heterocycles. The number of benzene rings is 1. The molecule has 0 saturated carbocycles. The van der Waals surface area contributed by atoms with Gasteiger partial charge in [0.05, 0.1) is 0 Å². The number of hydrogen-bond donors (Lipinski definition) is 1. The zero-order valence-corrected chi connectivity index (χ0v) is 11.9. The largest absolute Gasteiger partial charge is 0.347 e. The molecule has 0 atom stereocenters. The first-order valence-electron chi connectivity index (χ1n) is 6.62. The van der Waals surface area contributed by atoms with Gasteiger partial charge in [0.2, 0.25) is 0 Å². The third kappa shape index (κ3) is 2.57. The first kappa shape index (κ1) is 12.5. The van der Waals surface area contributed by atoms with Crippen LogP contribution in [0.15, 0.2) is 48.0 Å². The molecule has 0 unspecified atom stereocenters. The number of rotatable bonds is 5. The van der Waals surface area contributed by atoms with Gasteiger partial charge in [0, 0.05) is 35.1 Å². The van der Waals surface area contributed by atoms with Crippen LogP contribution in [0.2, 0.25) is 0 Å². The zero-order chi connectivity index (χ0) is 13.1. The average molecular weight is 270 g/mol. The van der Waals surface area contributed by atoms with Crippen LogP contribution >= 0.6 is 11.3 Å². The molecule has 1 aromatic carbocycles. The van der Waals surface area contributed by atoms with E-state index in [1.54, 1.807) is 0 Å². The van der Waals surface area contributed by atoms with Gasteiger partial charge < -0.3 is 9.88 Å². The fourth-order valence-electron chi connectivity index (χ4n) is 2.51. The first-order chi connectivity index (χ1) is 9.38. The minimum absolute atomic E-state index is 0.923. The van der Waals surface area contributed by atoms with Crippen molar-refractivity contribution in [2.24, 2.45) is 0 Å². The molecule has 0 spiro atoms. The van der Waals surface area contributed by atoms with Crippen molar-refractivity contribution in [2.45, 2.75) is 19.5 Å². The highest BCUT2D eigenvalue weighted by Crippen LogP contribution is 2.21. The SMILES string of the molecule is CNCc1cccc2c1ccn2CCc1cccs1. The molecular weight excluding hydrogens is 252 g/mol. The van der Waals surface area contributed by atoms with Gasteiger partial charge in [-0.1, -0.05) is 18.2 Å². The molecule has 0 bridgehead atoms. The molecule has 0 radical (unpaired) electrons. The summed E-state index contributed by atoms with van der Waals surface area (Å²) in [7, 11) is 1.99. The van der Waals surface area contributed by atoms with E-state index in [0.29, 0.717) is 0 Å².